The summed E-state index contributed by atoms with van der Waals surface area (Å²) in [6.45, 7) is 3.01. The van der Waals surface area contributed by atoms with Gasteiger partial charge in [-0.25, -0.2) is 4.79 Å². The molecule has 2 saturated heterocycles. The third-order valence-corrected chi connectivity index (χ3v) is 8.21. The van der Waals surface area contributed by atoms with Crippen molar-refractivity contribution < 1.29 is 65.1 Å². The van der Waals surface area contributed by atoms with E-state index in [2.05, 4.69) is 4.90 Å². The first-order chi connectivity index (χ1) is 20.4. The Balaban J connectivity index is 1.47. The van der Waals surface area contributed by atoms with Crippen molar-refractivity contribution in [1.82, 2.24) is 9.63 Å². The van der Waals surface area contributed by atoms with Crippen molar-refractivity contribution in [1.29, 1.82) is 0 Å². The predicted molar refractivity (Wildman–Crippen MR) is 149 cm³/mol. The van der Waals surface area contributed by atoms with Gasteiger partial charge in [-0.05, 0) is 65.1 Å². The van der Waals surface area contributed by atoms with Gasteiger partial charge in [0.05, 0.1) is 24.9 Å². The van der Waals surface area contributed by atoms with Crippen LogP contribution in [0.4, 0.5) is 0 Å². The van der Waals surface area contributed by atoms with Crippen LogP contribution in [0.15, 0.2) is 12.1 Å². The van der Waals surface area contributed by atoms with Gasteiger partial charge in [-0.2, -0.15) is 0 Å². The molecule has 0 radical (unpaired) electrons. The lowest BCUT2D eigenvalue weighted by Gasteiger charge is -2.40. The average Bonchev–Trinajstić information content (AvgIpc) is 3.30. The van der Waals surface area contributed by atoms with Gasteiger partial charge < -0.3 is 65.2 Å². The first-order valence-electron chi connectivity index (χ1n) is 15.0. The maximum Gasteiger partial charge on any atom is 0.333 e. The molecule has 9 N–H and O–H groups in total. The van der Waals surface area contributed by atoms with Crippen LogP contribution in [0.2, 0.25) is 0 Å². The Kier molecular flexibility index (Phi) is 13.9. The summed E-state index contributed by atoms with van der Waals surface area (Å²) < 4.78 is 12.0. The van der Waals surface area contributed by atoms with Gasteiger partial charge in [-0.1, -0.05) is 6.42 Å². The highest BCUT2D eigenvalue weighted by molar-refractivity contribution is 5.69. The van der Waals surface area contributed by atoms with E-state index < -0.39 is 85.4 Å². The van der Waals surface area contributed by atoms with Gasteiger partial charge in [0.2, 0.25) is 11.8 Å². The van der Waals surface area contributed by atoms with Crippen LogP contribution in [0.5, 0.6) is 11.8 Å². The smallest absolute Gasteiger partial charge is 0.333 e. The zero-order chi connectivity index (χ0) is 31.7. The molecule has 0 saturated carbocycles. The molecule has 15 nitrogen and oxygen atoms in total. The molecule has 1 aromatic rings. The first-order valence-corrected chi connectivity index (χ1v) is 15.0. The summed E-state index contributed by atoms with van der Waals surface area (Å²) in [6, 6.07) is 2.39. The highest BCUT2D eigenvalue weighted by Gasteiger charge is 2.43. The molecule has 0 amide bonds. The Hall–Kier alpha value is -2.05. The fourth-order valence-corrected chi connectivity index (χ4v) is 5.58. The number of aromatic nitrogens is 1. The monoisotopic (exact) mass is 620 g/mol. The number of aliphatic hydroxyl groups is 7. The standard InChI is InChI=1S/C28H48N2O13/c1-16-23(35)27(39)24(36)17(41-16)7-5-13-29(14-6-8-18-25(37)28(40)26(38)19(15-31)42-18)12-4-2-3-9-22(34)43-30-20(32)10-11-21(30)33/h10-11,16-19,23-28,31-33,35-40H,2-9,12-15H2,1H3/t16-,17-,18-,19+,23+,24+,25-,26+,27+,28+/m0/s1. The number of aliphatic hydroxyl groups excluding tert-OH is 7. The predicted octanol–water partition coefficient (Wildman–Crippen LogP) is -2.01. The highest BCUT2D eigenvalue weighted by atomic mass is 16.7. The van der Waals surface area contributed by atoms with E-state index in [4.69, 9.17) is 14.3 Å². The molecule has 15 heteroatoms. The number of nitrogens with zero attached hydrogens (tertiary/aromatic N) is 2. The molecule has 0 spiro atoms. The Morgan fingerprint density at radius 3 is 1.84 bits per heavy atom. The van der Waals surface area contributed by atoms with Crippen LogP contribution >= 0.6 is 0 Å². The fraction of sp³-hybridized carbons (Fsp3) is 0.821. The molecule has 0 bridgehead atoms. The van der Waals surface area contributed by atoms with E-state index in [-0.39, 0.29) is 6.42 Å². The molecule has 1 aromatic heterocycles. The summed E-state index contributed by atoms with van der Waals surface area (Å²) in [5.74, 6) is -1.39. The van der Waals surface area contributed by atoms with Crippen molar-refractivity contribution >= 4 is 5.97 Å². The fourth-order valence-electron chi connectivity index (χ4n) is 5.58. The topological polar surface area (TPSA) is 235 Å². The van der Waals surface area contributed by atoms with Crippen LogP contribution in [0.3, 0.4) is 0 Å². The third-order valence-electron chi connectivity index (χ3n) is 8.21. The number of carbonyl (C=O) groups excluding carboxylic acids is 1. The lowest BCUT2D eigenvalue weighted by Crippen LogP contribution is -2.58. The minimum absolute atomic E-state index is 0.0808. The molecular formula is C28H48N2O13. The minimum Gasteiger partial charge on any atom is -0.492 e. The SMILES string of the molecule is C[C@@H]1O[C@@H](CCCN(CCCCCC(=O)On2c(O)ccc2O)CCC[C@@H]2O[C@H](CO)[C@@H](O)[C@H](O)[C@H]2O)[C@@H](O)[C@H](O)[C@@H]1O. The summed E-state index contributed by atoms with van der Waals surface area (Å²) >= 11 is 0. The number of aromatic hydroxyl groups is 2. The number of rotatable bonds is 16. The van der Waals surface area contributed by atoms with Crippen LogP contribution in [0.25, 0.3) is 0 Å². The van der Waals surface area contributed by atoms with E-state index in [1.54, 1.807) is 6.92 Å². The van der Waals surface area contributed by atoms with Crippen LogP contribution in [-0.4, -0.2) is 149 Å². The second kappa shape index (κ2) is 16.9. The number of unbranched alkanes of at least 4 members (excludes halogenated alkanes) is 2. The van der Waals surface area contributed by atoms with Gasteiger partial charge in [-0.15, -0.1) is 4.73 Å². The van der Waals surface area contributed by atoms with Gasteiger partial charge in [0, 0.05) is 18.6 Å². The number of ether oxygens (including phenoxy) is 2. The van der Waals surface area contributed by atoms with Crippen molar-refractivity contribution in [2.45, 2.75) is 119 Å². The van der Waals surface area contributed by atoms with Crippen LogP contribution in [-0.2, 0) is 14.3 Å². The first kappa shape index (κ1) is 35.4. The van der Waals surface area contributed by atoms with Gasteiger partial charge in [-0.3, -0.25) is 0 Å². The molecular weight excluding hydrogens is 572 g/mol. The molecule has 2 aliphatic heterocycles. The maximum atomic E-state index is 12.1. The van der Waals surface area contributed by atoms with Crippen molar-refractivity contribution in [3.05, 3.63) is 12.1 Å². The second-order valence-electron chi connectivity index (χ2n) is 11.5. The zero-order valence-electron chi connectivity index (χ0n) is 24.5. The van der Waals surface area contributed by atoms with E-state index in [1.807, 2.05) is 0 Å². The summed E-state index contributed by atoms with van der Waals surface area (Å²) in [4.78, 5) is 19.2. The van der Waals surface area contributed by atoms with Crippen molar-refractivity contribution in [2.24, 2.45) is 0 Å². The Bertz CT molecular complexity index is 959. The molecule has 0 unspecified atom stereocenters. The van der Waals surface area contributed by atoms with E-state index in [9.17, 15) is 50.8 Å². The molecule has 0 aromatic carbocycles. The molecule has 2 aliphatic rings. The van der Waals surface area contributed by atoms with Gasteiger partial charge in [0.15, 0.2) is 0 Å². The molecule has 0 aliphatic carbocycles. The maximum absolute atomic E-state index is 12.1. The third kappa shape index (κ3) is 9.72. The summed E-state index contributed by atoms with van der Waals surface area (Å²) in [5, 5.41) is 89.4. The van der Waals surface area contributed by atoms with Crippen molar-refractivity contribution in [2.75, 3.05) is 26.2 Å². The normalized spacial score (nSPS) is 33.1. The molecule has 248 valence electrons. The van der Waals surface area contributed by atoms with Crippen LogP contribution in [0.1, 0.15) is 58.3 Å². The largest absolute Gasteiger partial charge is 0.492 e. The van der Waals surface area contributed by atoms with Crippen molar-refractivity contribution in [3.63, 3.8) is 0 Å². The van der Waals surface area contributed by atoms with E-state index in [1.165, 1.54) is 12.1 Å². The average molecular weight is 621 g/mol. The van der Waals surface area contributed by atoms with Crippen LogP contribution in [0, 0.1) is 0 Å². The second-order valence-corrected chi connectivity index (χ2v) is 11.5. The Morgan fingerprint density at radius 2 is 1.26 bits per heavy atom. The lowest BCUT2D eigenvalue weighted by molar-refractivity contribution is -0.230. The lowest BCUT2D eigenvalue weighted by atomic mass is 9.92. The van der Waals surface area contributed by atoms with Gasteiger partial charge in [0.25, 0.3) is 0 Å². The quantitative estimate of drug-likeness (QED) is 0.0909. The molecule has 2 fully saturated rings. The summed E-state index contributed by atoms with van der Waals surface area (Å²) in [6.07, 6.45) is -6.74. The molecule has 10 atom stereocenters. The van der Waals surface area contributed by atoms with Gasteiger partial charge in [0.1, 0.15) is 42.7 Å². The number of carbonyl (C=O) groups is 1. The summed E-state index contributed by atoms with van der Waals surface area (Å²) in [5.41, 5.74) is 0. The molecule has 3 rings (SSSR count). The van der Waals surface area contributed by atoms with E-state index in [0.29, 0.717) is 62.9 Å². The van der Waals surface area contributed by atoms with E-state index >= 15 is 0 Å². The number of hydrogen-bond donors (Lipinski definition) is 9. The minimum atomic E-state index is -1.43. The number of hydrogen-bond acceptors (Lipinski definition) is 14. The van der Waals surface area contributed by atoms with Crippen LogP contribution < -0.4 is 4.84 Å². The molecule has 3 heterocycles. The summed E-state index contributed by atoms with van der Waals surface area (Å²) in [7, 11) is 0. The van der Waals surface area contributed by atoms with Gasteiger partial charge >= 0.3 is 5.97 Å². The molecule has 43 heavy (non-hydrogen) atoms. The Labute approximate surface area is 250 Å². The van der Waals surface area contributed by atoms with E-state index in [0.717, 1.165) is 6.42 Å². The Morgan fingerprint density at radius 1 is 0.744 bits per heavy atom. The zero-order valence-corrected chi connectivity index (χ0v) is 24.5. The van der Waals surface area contributed by atoms with Crippen molar-refractivity contribution in [3.8, 4) is 11.8 Å². The highest BCUT2D eigenvalue weighted by Crippen LogP contribution is 2.26.